The molecule has 1 saturated heterocycles. The van der Waals surface area contributed by atoms with E-state index in [1.54, 1.807) is 35.3 Å². The number of benzene rings is 1. The summed E-state index contributed by atoms with van der Waals surface area (Å²) in [4.78, 5) is 14.1. The second kappa shape index (κ2) is 7.35. The Morgan fingerprint density at radius 3 is 2.77 bits per heavy atom. The van der Waals surface area contributed by atoms with Gasteiger partial charge in [0.2, 0.25) is 0 Å². The lowest BCUT2D eigenvalue weighted by molar-refractivity contribution is -0.155. The third-order valence-corrected chi connectivity index (χ3v) is 5.21. The van der Waals surface area contributed by atoms with Gasteiger partial charge in [-0.05, 0) is 38.0 Å². The van der Waals surface area contributed by atoms with E-state index >= 15 is 0 Å². The van der Waals surface area contributed by atoms with Crippen molar-refractivity contribution in [3.8, 4) is 11.8 Å². The zero-order valence-electron chi connectivity index (χ0n) is 14.5. The minimum absolute atomic E-state index is 0.0908. The molecule has 1 aliphatic carbocycles. The number of halogens is 1. The Morgan fingerprint density at radius 1 is 1.46 bits per heavy atom. The second-order valence-corrected chi connectivity index (χ2v) is 7.26. The van der Waals surface area contributed by atoms with Gasteiger partial charge in [0, 0.05) is 30.8 Å². The van der Waals surface area contributed by atoms with E-state index in [1.807, 2.05) is 19.1 Å². The summed E-state index contributed by atoms with van der Waals surface area (Å²) in [5.41, 5.74) is 0.979. The fraction of sp³-hybridized carbons (Fsp3) is 0.350. The zero-order chi connectivity index (χ0) is 18.7. The SMILES string of the molecule is C/C=C\C=C(/C=N)C(=O)N1CC2(CC(Oc3ccc(C#N)c(Cl)c3)C2)C1. The molecule has 0 atom stereocenters. The van der Waals surface area contributed by atoms with Crippen molar-refractivity contribution in [3.63, 3.8) is 0 Å². The third-order valence-electron chi connectivity index (χ3n) is 4.90. The molecule has 2 fully saturated rings. The van der Waals surface area contributed by atoms with Gasteiger partial charge >= 0.3 is 0 Å². The Kier molecular flexibility index (Phi) is 5.15. The maximum atomic E-state index is 12.4. The third kappa shape index (κ3) is 3.51. The summed E-state index contributed by atoms with van der Waals surface area (Å²) in [6.07, 6.45) is 8.27. The Hall–Kier alpha value is -2.58. The number of rotatable bonds is 5. The molecule has 1 N–H and O–H groups in total. The van der Waals surface area contributed by atoms with E-state index in [2.05, 4.69) is 0 Å². The van der Waals surface area contributed by atoms with Crippen molar-refractivity contribution in [3.05, 3.63) is 52.6 Å². The van der Waals surface area contributed by atoms with Crippen molar-refractivity contribution in [1.29, 1.82) is 10.7 Å². The van der Waals surface area contributed by atoms with Gasteiger partial charge in [-0.2, -0.15) is 5.26 Å². The lowest BCUT2D eigenvalue weighted by atomic mass is 9.61. The smallest absolute Gasteiger partial charge is 0.255 e. The standard InChI is InChI=1S/C20H20ClN3O2/c1-2-3-4-15(11-23)19(25)24-12-20(13-24)8-17(9-20)26-16-6-5-14(10-22)18(21)7-16/h2-7,11,17,23H,8-9,12-13H2,1H3/b3-2-,15-4+,23-11?. The van der Waals surface area contributed by atoms with Gasteiger partial charge in [0.05, 0.1) is 16.2 Å². The molecule has 0 unspecified atom stereocenters. The minimum Gasteiger partial charge on any atom is -0.490 e. The van der Waals surface area contributed by atoms with Gasteiger partial charge < -0.3 is 15.0 Å². The molecule has 6 heteroatoms. The summed E-state index contributed by atoms with van der Waals surface area (Å²) < 4.78 is 5.93. The number of nitrogens with one attached hydrogen (secondary N) is 1. The molecule has 0 bridgehead atoms. The Labute approximate surface area is 158 Å². The molecule has 0 aromatic heterocycles. The summed E-state index contributed by atoms with van der Waals surface area (Å²) in [7, 11) is 0. The Balaban J connectivity index is 1.51. The van der Waals surface area contributed by atoms with Crippen LogP contribution in [-0.2, 0) is 4.79 Å². The maximum absolute atomic E-state index is 12.4. The fourth-order valence-corrected chi connectivity index (χ4v) is 3.78. The molecule has 26 heavy (non-hydrogen) atoms. The molecule has 1 amide bonds. The number of nitrogens with zero attached hydrogens (tertiary/aromatic N) is 2. The van der Waals surface area contributed by atoms with Crippen LogP contribution in [-0.4, -0.2) is 36.2 Å². The predicted octanol–water partition coefficient (Wildman–Crippen LogP) is 3.73. The van der Waals surface area contributed by atoms with Gasteiger partial charge in [0.1, 0.15) is 17.9 Å². The van der Waals surface area contributed by atoms with E-state index in [1.165, 1.54) is 0 Å². The summed E-state index contributed by atoms with van der Waals surface area (Å²) in [5.74, 6) is 0.577. The van der Waals surface area contributed by atoms with Crippen LogP contribution in [0.15, 0.2) is 42.0 Å². The number of ether oxygens (including phenoxy) is 1. The van der Waals surface area contributed by atoms with Gasteiger partial charge in [0.15, 0.2) is 0 Å². The molecule has 1 aromatic rings. The molecule has 1 spiro atoms. The average molecular weight is 370 g/mol. The first-order valence-electron chi connectivity index (χ1n) is 8.49. The van der Waals surface area contributed by atoms with Crippen molar-refractivity contribution in [2.24, 2.45) is 5.41 Å². The molecule has 134 valence electrons. The zero-order valence-corrected chi connectivity index (χ0v) is 15.3. The van der Waals surface area contributed by atoms with Crippen molar-refractivity contribution < 1.29 is 9.53 Å². The molecule has 1 aromatic carbocycles. The quantitative estimate of drug-likeness (QED) is 0.488. The van der Waals surface area contributed by atoms with Gasteiger partial charge in [-0.15, -0.1) is 0 Å². The minimum atomic E-state index is -0.0908. The molecule has 1 aliphatic heterocycles. The number of likely N-dealkylation sites (tertiary alicyclic amines) is 1. The molecular formula is C20H20ClN3O2. The lowest BCUT2D eigenvalue weighted by Gasteiger charge is -2.58. The summed E-state index contributed by atoms with van der Waals surface area (Å²) >= 11 is 6.03. The van der Waals surface area contributed by atoms with Crippen LogP contribution in [0.3, 0.4) is 0 Å². The van der Waals surface area contributed by atoms with Crippen molar-refractivity contribution in [2.45, 2.75) is 25.9 Å². The normalized spacial score (nSPS) is 19.0. The largest absolute Gasteiger partial charge is 0.490 e. The van der Waals surface area contributed by atoms with E-state index in [0.717, 1.165) is 19.1 Å². The van der Waals surface area contributed by atoms with E-state index in [9.17, 15) is 4.79 Å². The highest BCUT2D eigenvalue weighted by molar-refractivity contribution is 6.31. The fourth-order valence-electron chi connectivity index (χ4n) is 3.57. The van der Waals surface area contributed by atoms with Crippen molar-refractivity contribution in [1.82, 2.24) is 4.90 Å². The number of hydrogen-bond acceptors (Lipinski definition) is 4. The second-order valence-electron chi connectivity index (χ2n) is 6.85. The first-order valence-corrected chi connectivity index (χ1v) is 8.87. The average Bonchev–Trinajstić information content (AvgIpc) is 2.56. The number of nitriles is 1. The number of carbonyl (C=O) groups is 1. The van der Waals surface area contributed by atoms with Crippen LogP contribution in [0, 0.1) is 22.2 Å². The van der Waals surface area contributed by atoms with Crippen LogP contribution in [0.25, 0.3) is 0 Å². The van der Waals surface area contributed by atoms with Crippen molar-refractivity contribution in [2.75, 3.05) is 13.1 Å². The lowest BCUT2D eigenvalue weighted by Crippen LogP contribution is -2.66. The van der Waals surface area contributed by atoms with E-state index in [0.29, 0.717) is 35.0 Å². The predicted molar refractivity (Wildman–Crippen MR) is 101 cm³/mol. The maximum Gasteiger partial charge on any atom is 0.255 e. The Bertz CT molecular complexity index is 824. The summed E-state index contributed by atoms with van der Waals surface area (Å²) in [5, 5.41) is 16.7. The summed E-state index contributed by atoms with van der Waals surface area (Å²) in [6.45, 7) is 3.29. The number of hydrogen-bond donors (Lipinski definition) is 1. The van der Waals surface area contributed by atoms with E-state index in [-0.39, 0.29) is 17.4 Å². The highest BCUT2D eigenvalue weighted by atomic mass is 35.5. The first-order chi connectivity index (χ1) is 12.5. The van der Waals surface area contributed by atoms with Crippen LogP contribution in [0.2, 0.25) is 5.02 Å². The molecular weight excluding hydrogens is 350 g/mol. The van der Waals surface area contributed by atoms with Crippen LogP contribution < -0.4 is 4.74 Å². The molecule has 3 rings (SSSR count). The summed E-state index contributed by atoms with van der Waals surface area (Å²) in [6, 6.07) is 7.12. The number of amides is 1. The first kappa shape index (κ1) is 18.2. The molecule has 1 heterocycles. The highest BCUT2D eigenvalue weighted by Gasteiger charge is 2.54. The van der Waals surface area contributed by atoms with Gasteiger partial charge in [-0.25, -0.2) is 0 Å². The van der Waals surface area contributed by atoms with Crippen LogP contribution in [0.1, 0.15) is 25.3 Å². The van der Waals surface area contributed by atoms with Gasteiger partial charge in [-0.3, -0.25) is 4.79 Å². The van der Waals surface area contributed by atoms with Gasteiger partial charge in [0.25, 0.3) is 5.91 Å². The van der Waals surface area contributed by atoms with Gasteiger partial charge in [-0.1, -0.05) is 23.8 Å². The molecule has 1 saturated carbocycles. The van der Waals surface area contributed by atoms with E-state index < -0.39 is 0 Å². The molecule has 0 radical (unpaired) electrons. The number of carbonyl (C=O) groups excluding carboxylic acids is 1. The van der Waals surface area contributed by atoms with Crippen LogP contribution in [0.4, 0.5) is 0 Å². The van der Waals surface area contributed by atoms with Crippen LogP contribution in [0.5, 0.6) is 5.75 Å². The monoisotopic (exact) mass is 369 g/mol. The number of allylic oxidation sites excluding steroid dienone is 3. The van der Waals surface area contributed by atoms with Crippen molar-refractivity contribution >= 4 is 23.7 Å². The van der Waals surface area contributed by atoms with Crippen LogP contribution >= 0.6 is 11.6 Å². The highest BCUT2D eigenvalue weighted by Crippen LogP contribution is 2.50. The molecule has 2 aliphatic rings. The Morgan fingerprint density at radius 2 is 2.19 bits per heavy atom. The molecule has 5 nitrogen and oxygen atoms in total. The van der Waals surface area contributed by atoms with E-state index in [4.69, 9.17) is 27.0 Å². The topological polar surface area (TPSA) is 77.2 Å².